The Morgan fingerprint density at radius 3 is 2.05 bits per heavy atom. The number of nitriles is 1. The molecule has 3 aromatic heterocycles. The maximum absolute atomic E-state index is 16.1. The minimum atomic E-state index is -4.70. The van der Waals surface area contributed by atoms with Gasteiger partial charge in [0.05, 0.1) is 32.8 Å². The SMILES string of the molecule is [C-]#[N+]/N=c1\c(-c2cc(C)cc(C)n2)nc2c(F)c3c(=NC#N)c(-c4cc(C)cc(C(F)(F)F)c4)nc3c(F)c12. The Morgan fingerprint density at radius 2 is 1.46 bits per heavy atom. The molecule has 0 spiro atoms. The third kappa shape index (κ3) is 4.16. The molecule has 0 fully saturated rings. The predicted octanol–water partition coefficient (Wildman–Crippen LogP) is 5.73. The van der Waals surface area contributed by atoms with Crippen LogP contribution in [0.5, 0.6) is 0 Å². The van der Waals surface area contributed by atoms with Crippen LogP contribution in [-0.2, 0) is 6.18 Å². The molecule has 0 aliphatic carbocycles. The van der Waals surface area contributed by atoms with Gasteiger partial charge in [-0.1, -0.05) is 0 Å². The molecule has 0 amide bonds. The van der Waals surface area contributed by atoms with Crippen LogP contribution in [0.15, 0.2) is 40.4 Å². The second-order valence-corrected chi connectivity index (χ2v) is 8.86. The van der Waals surface area contributed by atoms with Gasteiger partial charge >= 0.3 is 6.18 Å². The summed E-state index contributed by atoms with van der Waals surface area (Å²) in [7, 11) is 0. The Bertz CT molecular complexity index is 2020. The van der Waals surface area contributed by atoms with Crippen molar-refractivity contribution in [3.63, 3.8) is 0 Å². The molecule has 0 saturated heterocycles. The maximum Gasteiger partial charge on any atom is 0.416 e. The number of hydrogen-bond acceptors (Lipinski definition) is 6. The molecule has 0 radical (unpaired) electrons. The van der Waals surface area contributed by atoms with Gasteiger partial charge in [0.1, 0.15) is 22.1 Å². The maximum atomic E-state index is 16.1. The Kier molecular flexibility index (Phi) is 5.91. The Hall–Kier alpha value is -5.10. The van der Waals surface area contributed by atoms with Crippen LogP contribution in [0.2, 0.25) is 0 Å². The predicted molar refractivity (Wildman–Crippen MR) is 131 cm³/mol. The number of nitrogens with zero attached hydrogens (tertiary/aromatic N) is 7. The lowest BCUT2D eigenvalue weighted by molar-refractivity contribution is -0.137. The second kappa shape index (κ2) is 9.03. The topological polar surface area (TPSA) is 91.5 Å². The summed E-state index contributed by atoms with van der Waals surface area (Å²) >= 11 is 0. The number of hydrogen-bond donors (Lipinski definition) is 0. The minimum Gasteiger partial charge on any atom is -0.251 e. The van der Waals surface area contributed by atoms with E-state index in [2.05, 4.69) is 30.0 Å². The van der Waals surface area contributed by atoms with Gasteiger partial charge in [0.2, 0.25) is 6.19 Å². The first-order valence-corrected chi connectivity index (χ1v) is 11.2. The van der Waals surface area contributed by atoms with Crippen molar-refractivity contribution in [2.75, 3.05) is 0 Å². The lowest BCUT2D eigenvalue weighted by Gasteiger charge is -2.09. The van der Waals surface area contributed by atoms with Crippen LogP contribution in [0, 0.1) is 50.4 Å². The second-order valence-electron chi connectivity index (χ2n) is 8.86. The summed E-state index contributed by atoms with van der Waals surface area (Å²) in [4.78, 5) is 19.3. The van der Waals surface area contributed by atoms with Crippen molar-refractivity contribution in [3.05, 3.63) is 86.6 Å². The summed E-state index contributed by atoms with van der Waals surface area (Å²) in [6.45, 7) is 12.1. The molecule has 5 aromatic rings. The van der Waals surface area contributed by atoms with Crippen LogP contribution in [0.3, 0.4) is 0 Å². The molecule has 0 N–H and O–H groups in total. The number of aryl methyl sites for hydroxylation is 3. The highest BCUT2D eigenvalue weighted by molar-refractivity contribution is 6.00. The van der Waals surface area contributed by atoms with Crippen molar-refractivity contribution < 1.29 is 22.0 Å². The highest BCUT2D eigenvalue weighted by Crippen LogP contribution is 2.35. The van der Waals surface area contributed by atoms with Crippen molar-refractivity contribution in [2.24, 2.45) is 10.1 Å². The molecule has 2 aromatic carbocycles. The summed E-state index contributed by atoms with van der Waals surface area (Å²) in [5, 5.41) is 11.3. The van der Waals surface area contributed by atoms with Crippen LogP contribution in [-0.4, -0.2) is 15.0 Å². The van der Waals surface area contributed by atoms with E-state index in [-0.39, 0.29) is 33.6 Å². The van der Waals surface area contributed by atoms with E-state index in [1.165, 1.54) is 19.2 Å². The van der Waals surface area contributed by atoms with E-state index in [0.29, 0.717) is 5.69 Å². The average Bonchev–Trinajstić information content (AvgIpc) is 3.42. The van der Waals surface area contributed by atoms with E-state index < -0.39 is 50.5 Å². The Morgan fingerprint density at radius 1 is 0.846 bits per heavy atom. The van der Waals surface area contributed by atoms with E-state index in [0.717, 1.165) is 17.7 Å². The van der Waals surface area contributed by atoms with E-state index in [4.69, 9.17) is 6.57 Å². The van der Waals surface area contributed by atoms with Crippen LogP contribution in [0.25, 0.3) is 49.4 Å². The average molecular weight is 531 g/mol. The van der Waals surface area contributed by atoms with E-state index in [9.17, 15) is 18.4 Å². The smallest absolute Gasteiger partial charge is 0.251 e. The third-order valence-corrected chi connectivity index (χ3v) is 6.03. The number of aromatic nitrogens is 3. The molecule has 7 nitrogen and oxygen atoms in total. The zero-order chi connectivity index (χ0) is 28.2. The van der Waals surface area contributed by atoms with Crippen LogP contribution < -0.4 is 10.7 Å². The Labute approximate surface area is 216 Å². The molecule has 0 atom stereocenters. The summed E-state index contributed by atoms with van der Waals surface area (Å²) < 4.78 is 72.5. The Balaban J connectivity index is 1.93. The van der Waals surface area contributed by atoms with Gasteiger partial charge in [-0.15, -0.1) is 4.95 Å². The monoisotopic (exact) mass is 531 g/mol. The fourth-order valence-electron chi connectivity index (χ4n) is 4.60. The zero-order valence-corrected chi connectivity index (χ0v) is 20.4. The fraction of sp³-hybridized carbons (Fsp3) is 0.148. The van der Waals surface area contributed by atoms with Gasteiger partial charge in [-0.3, -0.25) is 4.98 Å². The van der Waals surface area contributed by atoms with Crippen molar-refractivity contribution in [3.8, 4) is 28.8 Å². The standard InChI is InChI=1S/C27H14F5N7/c1-11-5-13(3)36-16(8-11)22-26(39-34-4)18-20(29)23-17(19(28)24(18)38-22)25(35-10-33)21(37-23)14-6-12(2)7-15(9-14)27(30,31)32/h5-9H,1-3H3/b35-25?,39-26-. The van der Waals surface area contributed by atoms with Gasteiger partial charge in [0.15, 0.2) is 17.0 Å². The molecule has 39 heavy (non-hydrogen) atoms. The molecule has 5 rings (SSSR count). The molecule has 3 heterocycles. The zero-order valence-electron chi connectivity index (χ0n) is 20.4. The number of alkyl halides is 3. The first-order valence-electron chi connectivity index (χ1n) is 11.2. The number of rotatable bonds is 2. The molecular weight excluding hydrogens is 517 g/mol. The van der Waals surface area contributed by atoms with Gasteiger partial charge in [-0.05, 0) is 62.2 Å². The first kappa shape index (κ1) is 25.5. The fourth-order valence-corrected chi connectivity index (χ4v) is 4.60. The third-order valence-electron chi connectivity index (χ3n) is 6.03. The number of fused-ring (bicyclic) bond motifs is 2. The molecule has 0 bridgehead atoms. The summed E-state index contributed by atoms with van der Waals surface area (Å²) in [5.41, 5.74) is -0.752. The first-order chi connectivity index (χ1) is 18.4. The van der Waals surface area contributed by atoms with Gasteiger partial charge < -0.3 is 0 Å². The van der Waals surface area contributed by atoms with Crippen LogP contribution >= 0.6 is 0 Å². The van der Waals surface area contributed by atoms with Gasteiger partial charge in [0, 0.05) is 11.3 Å². The molecule has 0 aliphatic heterocycles. The summed E-state index contributed by atoms with van der Waals surface area (Å²) in [6.07, 6.45) is -3.21. The van der Waals surface area contributed by atoms with E-state index in [1.54, 1.807) is 26.0 Å². The van der Waals surface area contributed by atoms with Crippen LogP contribution in [0.1, 0.15) is 22.4 Å². The summed E-state index contributed by atoms with van der Waals surface area (Å²) in [6, 6.07) is 6.42. The van der Waals surface area contributed by atoms with Crippen molar-refractivity contribution in [1.29, 1.82) is 5.26 Å². The quantitative estimate of drug-likeness (QED) is 0.126. The van der Waals surface area contributed by atoms with E-state index in [1.807, 2.05) is 0 Å². The van der Waals surface area contributed by atoms with Crippen LogP contribution in [0.4, 0.5) is 22.0 Å². The van der Waals surface area contributed by atoms with Gasteiger partial charge in [-0.2, -0.15) is 30.0 Å². The normalized spacial score (nSPS) is 12.9. The number of pyridine rings is 1. The molecule has 0 saturated carbocycles. The van der Waals surface area contributed by atoms with Crippen molar-refractivity contribution in [1.82, 2.24) is 15.0 Å². The number of halogens is 5. The number of benzene rings is 2. The van der Waals surface area contributed by atoms with Crippen molar-refractivity contribution >= 4 is 21.8 Å². The largest absolute Gasteiger partial charge is 0.416 e. The van der Waals surface area contributed by atoms with Gasteiger partial charge in [0.25, 0.3) is 0 Å². The highest BCUT2D eigenvalue weighted by atomic mass is 19.4. The molecular formula is C27H14F5N7. The van der Waals surface area contributed by atoms with Gasteiger partial charge in [-0.25, -0.2) is 18.7 Å². The molecule has 12 heteroatoms. The molecule has 0 aliphatic rings. The van der Waals surface area contributed by atoms with Crippen molar-refractivity contribution in [2.45, 2.75) is 26.9 Å². The van der Waals surface area contributed by atoms with E-state index >= 15 is 8.78 Å². The molecule has 0 unspecified atom stereocenters. The summed E-state index contributed by atoms with van der Waals surface area (Å²) in [5.74, 6) is -2.23. The molecule has 192 valence electrons. The minimum absolute atomic E-state index is 0.0363. The highest BCUT2D eigenvalue weighted by Gasteiger charge is 2.32. The lowest BCUT2D eigenvalue weighted by Crippen LogP contribution is -2.08. The lowest BCUT2D eigenvalue weighted by atomic mass is 10.0.